The zero-order valence-electron chi connectivity index (χ0n) is 14.6. The fraction of sp³-hybridized carbons (Fsp3) is 0.500. The van der Waals surface area contributed by atoms with Crippen molar-refractivity contribution in [3.8, 4) is 0 Å². The van der Waals surface area contributed by atoms with Gasteiger partial charge >= 0.3 is 0 Å². The third kappa shape index (κ3) is 2.05. The zero-order valence-corrected chi connectivity index (χ0v) is 14.6. The van der Waals surface area contributed by atoms with Gasteiger partial charge in [0.05, 0.1) is 16.8 Å². The van der Waals surface area contributed by atoms with Gasteiger partial charge in [0.25, 0.3) is 0 Å². The Morgan fingerprint density at radius 1 is 1.12 bits per heavy atom. The van der Waals surface area contributed by atoms with Gasteiger partial charge in [-0.2, -0.15) is 0 Å². The molecule has 0 unspecified atom stereocenters. The number of hydrogen-bond donors (Lipinski definition) is 1. The van der Waals surface area contributed by atoms with Crippen LogP contribution in [-0.4, -0.2) is 28.1 Å². The quantitative estimate of drug-likeness (QED) is 0.585. The predicted octanol–water partition coefficient (Wildman–Crippen LogP) is 3.64. The van der Waals surface area contributed by atoms with Crippen molar-refractivity contribution in [1.29, 1.82) is 0 Å². The summed E-state index contributed by atoms with van der Waals surface area (Å²) in [5.41, 5.74) is 4.66. The van der Waals surface area contributed by atoms with Crippen LogP contribution in [0.4, 0.5) is 0 Å². The number of carbonyl (C=O) groups is 1. The molecule has 4 heteroatoms. The van der Waals surface area contributed by atoms with E-state index in [0.717, 1.165) is 25.1 Å². The number of nitrogens with zero attached hydrogens (tertiary/aromatic N) is 2. The van der Waals surface area contributed by atoms with Gasteiger partial charge in [0.2, 0.25) is 0 Å². The maximum atomic E-state index is 12.8. The molecular weight excluding hydrogens is 300 g/mol. The van der Waals surface area contributed by atoms with Crippen molar-refractivity contribution >= 4 is 11.5 Å². The van der Waals surface area contributed by atoms with E-state index in [1.54, 1.807) is 0 Å². The Kier molecular flexibility index (Phi) is 3.18. The van der Waals surface area contributed by atoms with Crippen LogP contribution in [0.1, 0.15) is 51.2 Å². The molecule has 0 spiro atoms. The maximum absolute atomic E-state index is 12.8. The molecule has 1 aromatic carbocycles. The topological polar surface area (TPSA) is 52.9 Å². The lowest BCUT2D eigenvalue weighted by Gasteiger charge is -2.54. The van der Waals surface area contributed by atoms with Crippen LogP contribution in [0.15, 0.2) is 40.7 Å². The van der Waals surface area contributed by atoms with E-state index < -0.39 is 0 Å². The summed E-state index contributed by atoms with van der Waals surface area (Å²) >= 11 is 0. The monoisotopic (exact) mass is 324 g/mol. The predicted molar refractivity (Wildman–Crippen MR) is 93.1 cm³/mol. The van der Waals surface area contributed by atoms with Gasteiger partial charge in [-0.25, -0.2) is 0 Å². The number of oxime groups is 1. The molecule has 4 rings (SSSR count). The third-order valence-corrected chi connectivity index (χ3v) is 5.90. The smallest absolute Gasteiger partial charge is 0.167 e. The Labute approximate surface area is 142 Å². The molecule has 24 heavy (non-hydrogen) atoms. The second-order valence-corrected chi connectivity index (χ2v) is 8.32. The van der Waals surface area contributed by atoms with E-state index in [9.17, 15) is 10.0 Å². The normalized spacial score (nSPS) is 30.0. The molecule has 0 saturated carbocycles. The van der Waals surface area contributed by atoms with Crippen LogP contribution in [0.3, 0.4) is 0 Å². The standard InChI is InChI=1S/C20H24N2O2/c1-19(2)11-16-18(17(23)12-19)15(21-24)10-20(3)14-7-5-4-6-13(14)8-9-22(16)20/h4-7,24H,8-12H2,1-3H3/t20-/m1/s1. The molecule has 3 aliphatic rings. The lowest BCUT2D eigenvalue weighted by molar-refractivity contribution is -0.118. The molecule has 1 N–H and O–H groups in total. The number of benzene rings is 1. The highest BCUT2D eigenvalue weighted by molar-refractivity contribution is 6.24. The summed E-state index contributed by atoms with van der Waals surface area (Å²) in [5.74, 6) is 0.120. The van der Waals surface area contributed by atoms with Crippen molar-refractivity contribution in [2.75, 3.05) is 6.54 Å². The third-order valence-electron chi connectivity index (χ3n) is 5.90. The van der Waals surface area contributed by atoms with E-state index in [2.05, 4.69) is 55.1 Å². The van der Waals surface area contributed by atoms with Gasteiger partial charge in [0.15, 0.2) is 5.78 Å². The summed E-state index contributed by atoms with van der Waals surface area (Å²) in [5, 5.41) is 13.2. The number of Topliss-reactive ketones (excluding diaryl/α,β-unsaturated/α-hetero) is 1. The second-order valence-electron chi connectivity index (χ2n) is 8.32. The number of ketones is 1. The summed E-state index contributed by atoms with van der Waals surface area (Å²) < 4.78 is 0. The van der Waals surface area contributed by atoms with Gasteiger partial charge in [0.1, 0.15) is 0 Å². The Morgan fingerprint density at radius 3 is 2.62 bits per heavy atom. The summed E-state index contributed by atoms with van der Waals surface area (Å²) in [7, 11) is 0. The Balaban J connectivity index is 1.93. The molecule has 1 atom stereocenters. The van der Waals surface area contributed by atoms with Crippen molar-refractivity contribution in [2.24, 2.45) is 10.6 Å². The number of fused-ring (bicyclic) bond motifs is 4. The summed E-state index contributed by atoms with van der Waals surface area (Å²) in [6.07, 6.45) is 2.94. The minimum absolute atomic E-state index is 0.0499. The molecule has 1 aromatic rings. The first-order valence-electron chi connectivity index (χ1n) is 8.69. The lowest BCUT2D eigenvalue weighted by Crippen LogP contribution is -2.55. The average molecular weight is 324 g/mol. The maximum Gasteiger partial charge on any atom is 0.167 e. The van der Waals surface area contributed by atoms with Crippen molar-refractivity contribution in [3.05, 3.63) is 46.7 Å². The minimum Gasteiger partial charge on any atom is -0.411 e. The molecule has 0 amide bonds. The van der Waals surface area contributed by atoms with Crippen molar-refractivity contribution < 1.29 is 10.0 Å². The highest BCUT2D eigenvalue weighted by Crippen LogP contribution is 2.50. The Bertz CT molecular complexity index is 791. The van der Waals surface area contributed by atoms with E-state index in [0.29, 0.717) is 24.1 Å². The average Bonchev–Trinajstić information content (AvgIpc) is 2.52. The lowest BCUT2D eigenvalue weighted by atomic mass is 9.67. The highest BCUT2D eigenvalue weighted by atomic mass is 16.4. The first-order valence-corrected chi connectivity index (χ1v) is 8.69. The second kappa shape index (κ2) is 4.95. The van der Waals surface area contributed by atoms with Crippen molar-refractivity contribution in [3.63, 3.8) is 0 Å². The number of rotatable bonds is 0. The minimum atomic E-state index is -0.247. The molecule has 2 aliphatic heterocycles. The fourth-order valence-corrected chi connectivity index (χ4v) is 4.86. The van der Waals surface area contributed by atoms with E-state index in [1.807, 2.05) is 0 Å². The number of hydrogen-bond acceptors (Lipinski definition) is 4. The first kappa shape index (κ1) is 15.4. The Hall–Kier alpha value is -2.10. The molecule has 0 radical (unpaired) electrons. The van der Waals surface area contributed by atoms with Crippen LogP contribution < -0.4 is 0 Å². The van der Waals surface area contributed by atoms with Crippen LogP contribution in [0, 0.1) is 5.41 Å². The summed E-state index contributed by atoms with van der Waals surface area (Å²) in [6, 6.07) is 8.52. The van der Waals surface area contributed by atoms with Crippen LogP contribution in [0.5, 0.6) is 0 Å². The zero-order chi connectivity index (χ0) is 17.1. The highest BCUT2D eigenvalue weighted by Gasteiger charge is 2.49. The number of carbonyl (C=O) groups excluding carboxylic acids is 1. The SMILES string of the molecule is CC1(C)CC(=O)C2=C(C1)N1CCc3ccccc3[C@@]1(C)CC2=NO. The molecular formula is C20H24N2O2. The molecule has 2 heterocycles. The molecule has 0 fully saturated rings. The fourth-order valence-electron chi connectivity index (χ4n) is 4.86. The molecule has 126 valence electrons. The van der Waals surface area contributed by atoms with Crippen molar-refractivity contribution in [2.45, 2.75) is 52.0 Å². The van der Waals surface area contributed by atoms with Gasteiger partial charge in [-0.1, -0.05) is 43.3 Å². The molecule has 0 bridgehead atoms. The van der Waals surface area contributed by atoms with E-state index in [1.165, 1.54) is 11.1 Å². The molecule has 1 aliphatic carbocycles. The van der Waals surface area contributed by atoms with Crippen LogP contribution >= 0.6 is 0 Å². The van der Waals surface area contributed by atoms with Crippen LogP contribution in [-0.2, 0) is 16.8 Å². The van der Waals surface area contributed by atoms with Gasteiger partial charge in [-0.05, 0) is 36.3 Å². The first-order chi connectivity index (χ1) is 11.4. The molecule has 4 nitrogen and oxygen atoms in total. The van der Waals surface area contributed by atoms with E-state index in [-0.39, 0.29) is 16.7 Å². The summed E-state index contributed by atoms with van der Waals surface area (Å²) in [4.78, 5) is 15.2. The molecule has 0 aromatic heterocycles. The van der Waals surface area contributed by atoms with Crippen molar-refractivity contribution in [1.82, 2.24) is 4.90 Å². The number of allylic oxidation sites excluding steroid dienone is 2. The Morgan fingerprint density at radius 2 is 1.88 bits per heavy atom. The summed E-state index contributed by atoms with van der Waals surface area (Å²) in [6.45, 7) is 7.42. The largest absolute Gasteiger partial charge is 0.411 e. The van der Waals surface area contributed by atoms with Gasteiger partial charge in [0, 0.05) is 25.1 Å². The van der Waals surface area contributed by atoms with Crippen LogP contribution in [0.2, 0.25) is 0 Å². The molecule has 0 saturated heterocycles. The van der Waals surface area contributed by atoms with Gasteiger partial charge in [-0.3, -0.25) is 4.79 Å². The van der Waals surface area contributed by atoms with Gasteiger partial charge < -0.3 is 10.1 Å². The van der Waals surface area contributed by atoms with E-state index in [4.69, 9.17) is 0 Å². The van der Waals surface area contributed by atoms with E-state index >= 15 is 0 Å². The van der Waals surface area contributed by atoms with Crippen LogP contribution in [0.25, 0.3) is 0 Å². The van der Waals surface area contributed by atoms with Gasteiger partial charge in [-0.15, -0.1) is 0 Å².